The van der Waals surface area contributed by atoms with Crippen LogP contribution < -0.4 is 25.0 Å². The number of rotatable bonds is 8. The fourth-order valence-electron chi connectivity index (χ4n) is 3.72. The molecule has 7 nitrogen and oxygen atoms in total. The lowest BCUT2D eigenvalue weighted by atomic mass is 10.1. The number of aliphatic hydroxyl groups excluding tert-OH is 1. The number of aliphatic hydroxyl groups is 1. The highest BCUT2D eigenvalue weighted by Crippen LogP contribution is 2.29. The Hall–Kier alpha value is -2.34. The van der Waals surface area contributed by atoms with E-state index in [0.29, 0.717) is 48.3 Å². The lowest BCUT2D eigenvalue weighted by Gasteiger charge is -2.21. The monoisotopic (exact) mass is 576 g/mol. The summed E-state index contributed by atoms with van der Waals surface area (Å²) in [5.41, 5.74) is 0.975. The number of guanidine groups is 1. The smallest absolute Gasteiger partial charge is 0.191 e. The summed E-state index contributed by atoms with van der Waals surface area (Å²) in [5.74, 6) is 0.571. The molecule has 0 saturated carbocycles. The Morgan fingerprint density at radius 2 is 2.00 bits per heavy atom. The van der Waals surface area contributed by atoms with Crippen LogP contribution in [0, 0.1) is 11.6 Å². The Morgan fingerprint density at radius 3 is 2.67 bits per heavy atom. The predicted octanol–water partition coefficient (Wildman–Crippen LogP) is 3.47. The van der Waals surface area contributed by atoms with Gasteiger partial charge in [0.15, 0.2) is 5.96 Å². The molecule has 1 aliphatic rings. The molecule has 0 amide bonds. The topological polar surface area (TPSA) is 78.4 Å². The minimum absolute atomic E-state index is 0. The molecular formula is C23H31F2IN4O3. The van der Waals surface area contributed by atoms with Crippen molar-refractivity contribution in [1.29, 1.82) is 0 Å². The number of methoxy groups -OCH3 is 2. The van der Waals surface area contributed by atoms with E-state index in [4.69, 9.17) is 9.47 Å². The molecule has 3 rings (SSSR count). The van der Waals surface area contributed by atoms with Gasteiger partial charge in [-0.1, -0.05) is 0 Å². The first-order valence-electron chi connectivity index (χ1n) is 10.6. The molecule has 182 valence electrons. The van der Waals surface area contributed by atoms with Crippen molar-refractivity contribution in [3.8, 4) is 11.5 Å². The number of aliphatic imine (C=N–C) groups is 1. The van der Waals surface area contributed by atoms with E-state index >= 15 is 0 Å². The molecule has 0 bridgehead atoms. The van der Waals surface area contributed by atoms with Crippen LogP contribution >= 0.6 is 24.0 Å². The van der Waals surface area contributed by atoms with E-state index in [-0.39, 0.29) is 36.6 Å². The summed E-state index contributed by atoms with van der Waals surface area (Å²) in [6.07, 6.45) is -0.114. The van der Waals surface area contributed by atoms with Crippen molar-refractivity contribution in [2.24, 2.45) is 4.99 Å². The number of halogens is 3. The molecule has 1 heterocycles. The van der Waals surface area contributed by atoms with Gasteiger partial charge in [-0.25, -0.2) is 8.78 Å². The third-order valence-corrected chi connectivity index (χ3v) is 5.34. The van der Waals surface area contributed by atoms with Crippen LogP contribution in [0.2, 0.25) is 0 Å². The van der Waals surface area contributed by atoms with Crippen molar-refractivity contribution in [2.45, 2.75) is 25.5 Å². The van der Waals surface area contributed by atoms with Gasteiger partial charge in [-0.2, -0.15) is 0 Å². The van der Waals surface area contributed by atoms with E-state index < -0.39 is 17.7 Å². The first-order valence-corrected chi connectivity index (χ1v) is 10.6. The highest BCUT2D eigenvalue weighted by Gasteiger charge is 2.25. The maximum atomic E-state index is 14.1. The number of hydrogen-bond acceptors (Lipinski definition) is 5. The van der Waals surface area contributed by atoms with Gasteiger partial charge in [0, 0.05) is 37.3 Å². The van der Waals surface area contributed by atoms with E-state index in [1.807, 2.05) is 11.8 Å². The zero-order valence-corrected chi connectivity index (χ0v) is 21.3. The average Bonchev–Trinajstić information content (AvgIpc) is 3.25. The Labute approximate surface area is 210 Å². The fourth-order valence-corrected chi connectivity index (χ4v) is 3.72. The second kappa shape index (κ2) is 12.8. The van der Waals surface area contributed by atoms with Crippen molar-refractivity contribution in [1.82, 2.24) is 10.6 Å². The lowest BCUT2D eigenvalue weighted by molar-refractivity contribution is 0.182. The highest BCUT2D eigenvalue weighted by molar-refractivity contribution is 14.0. The summed E-state index contributed by atoms with van der Waals surface area (Å²) in [7, 11) is 3.11. The third-order valence-electron chi connectivity index (χ3n) is 5.34. The largest absolute Gasteiger partial charge is 0.497 e. The molecule has 0 aliphatic carbocycles. The summed E-state index contributed by atoms with van der Waals surface area (Å²) in [6.45, 7) is 3.91. The van der Waals surface area contributed by atoms with Crippen LogP contribution in [0.3, 0.4) is 0 Å². The zero-order chi connectivity index (χ0) is 23.1. The highest BCUT2D eigenvalue weighted by atomic mass is 127. The first kappa shape index (κ1) is 26.9. The SMILES string of the molecule is CCNC(=NCC(O)c1cc(OC)ccc1OC)NC1CCN(c2ccc(F)cc2F)C1.I. The van der Waals surface area contributed by atoms with Crippen LogP contribution in [-0.2, 0) is 0 Å². The normalized spacial score (nSPS) is 16.7. The van der Waals surface area contributed by atoms with Crippen LogP contribution in [0.4, 0.5) is 14.5 Å². The number of anilines is 1. The number of nitrogens with zero attached hydrogens (tertiary/aromatic N) is 2. The molecule has 0 spiro atoms. The average molecular weight is 576 g/mol. The van der Waals surface area contributed by atoms with E-state index in [2.05, 4.69) is 15.6 Å². The molecule has 33 heavy (non-hydrogen) atoms. The summed E-state index contributed by atoms with van der Waals surface area (Å²) in [5, 5.41) is 17.2. The molecule has 10 heteroatoms. The standard InChI is InChI=1S/C23H30F2N4O3.HI/c1-4-26-23(27-13-21(30)18-12-17(31-2)6-8-22(18)32-3)28-16-9-10-29(14-16)20-7-5-15(24)11-19(20)25;/h5-8,11-12,16,21,30H,4,9-10,13-14H2,1-3H3,(H2,26,27,28);1H. The van der Waals surface area contributed by atoms with Gasteiger partial charge < -0.3 is 30.1 Å². The number of hydrogen-bond donors (Lipinski definition) is 3. The Morgan fingerprint density at radius 1 is 1.21 bits per heavy atom. The molecule has 0 aromatic heterocycles. The summed E-state index contributed by atoms with van der Waals surface area (Å²) >= 11 is 0. The van der Waals surface area contributed by atoms with Gasteiger partial charge in [0.1, 0.15) is 29.2 Å². The van der Waals surface area contributed by atoms with Gasteiger partial charge >= 0.3 is 0 Å². The lowest BCUT2D eigenvalue weighted by Crippen LogP contribution is -2.44. The van der Waals surface area contributed by atoms with Gasteiger partial charge in [0.25, 0.3) is 0 Å². The fraction of sp³-hybridized carbons (Fsp3) is 0.435. The molecule has 2 aromatic rings. The van der Waals surface area contributed by atoms with Crippen LogP contribution in [0.15, 0.2) is 41.4 Å². The van der Waals surface area contributed by atoms with Gasteiger partial charge in [-0.05, 0) is 43.7 Å². The van der Waals surface area contributed by atoms with Crippen molar-refractivity contribution < 1.29 is 23.4 Å². The van der Waals surface area contributed by atoms with Crippen molar-refractivity contribution in [3.05, 3.63) is 53.6 Å². The number of nitrogens with one attached hydrogen (secondary N) is 2. The minimum Gasteiger partial charge on any atom is -0.497 e. The molecular weight excluding hydrogens is 545 g/mol. The summed E-state index contributed by atoms with van der Waals surface area (Å²) < 4.78 is 37.9. The van der Waals surface area contributed by atoms with Crippen LogP contribution in [0.1, 0.15) is 25.0 Å². The number of ether oxygens (including phenoxy) is 2. The predicted molar refractivity (Wildman–Crippen MR) is 136 cm³/mol. The molecule has 3 N–H and O–H groups in total. The molecule has 0 radical (unpaired) electrons. The third kappa shape index (κ3) is 7.07. The van der Waals surface area contributed by atoms with Crippen molar-refractivity contribution >= 4 is 35.6 Å². The minimum atomic E-state index is -0.885. The van der Waals surface area contributed by atoms with Gasteiger partial charge in [0.05, 0.1) is 26.5 Å². The summed E-state index contributed by atoms with van der Waals surface area (Å²) in [4.78, 5) is 6.40. The Kier molecular flexibility index (Phi) is 10.4. The molecule has 1 aliphatic heterocycles. The first-order chi connectivity index (χ1) is 15.4. The number of benzene rings is 2. The van der Waals surface area contributed by atoms with Gasteiger partial charge in [-0.15, -0.1) is 24.0 Å². The van der Waals surface area contributed by atoms with E-state index in [0.717, 1.165) is 12.5 Å². The van der Waals surface area contributed by atoms with E-state index in [1.165, 1.54) is 12.1 Å². The quantitative estimate of drug-likeness (QED) is 0.254. The van der Waals surface area contributed by atoms with Crippen LogP contribution in [0.25, 0.3) is 0 Å². The second-order valence-corrected chi connectivity index (χ2v) is 7.51. The van der Waals surface area contributed by atoms with Gasteiger partial charge in [-0.3, -0.25) is 4.99 Å². The van der Waals surface area contributed by atoms with Crippen LogP contribution in [-0.4, -0.2) is 57.5 Å². The Bertz CT molecular complexity index is 948. The molecule has 2 atom stereocenters. The summed E-state index contributed by atoms with van der Waals surface area (Å²) in [6, 6.07) is 8.89. The molecule has 2 aromatic carbocycles. The van der Waals surface area contributed by atoms with E-state index in [1.54, 1.807) is 32.4 Å². The van der Waals surface area contributed by atoms with E-state index in [9.17, 15) is 13.9 Å². The van der Waals surface area contributed by atoms with Crippen LogP contribution in [0.5, 0.6) is 11.5 Å². The molecule has 1 fully saturated rings. The molecule has 2 unspecified atom stereocenters. The van der Waals surface area contributed by atoms with Crippen molar-refractivity contribution in [2.75, 3.05) is 45.3 Å². The second-order valence-electron chi connectivity index (χ2n) is 7.51. The Balaban J connectivity index is 0.00000385. The zero-order valence-electron chi connectivity index (χ0n) is 19.0. The maximum Gasteiger partial charge on any atom is 0.191 e. The maximum absolute atomic E-state index is 14.1. The van der Waals surface area contributed by atoms with Crippen molar-refractivity contribution in [3.63, 3.8) is 0 Å². The van der Waals surface area contributed by atoms with Gasteiger partial charge in [0.2, 0.25) is 0 Å². The molecule has 1 saturated heterocycles.